The molecule has 2 aliphatic heterocycles. The van der Waals surface area contributed by atoms with Crippen molar-refractivity contribution in [3.63, 3.8) is 0 Å². The summed E-state index contributed by atoms with van der Waals surface area (Å²) in [5.74, 6) is 0.0968. The fourth-order valence-corrected chi connectivity index (χ4v) is 3.81. The molecule has 2 aromatic carbocycles. The molecule has 1 amide bonds. The Hall–Kier alpha value is -2.46. The van der Waals surface area contributed by atoms with Crippen molar-refractivity contribution in [1.82, 2.24) is 9.80 Å². The van der Waals surface area contributed by atoms with E-state index in [-0.39, 0.29) is 23.8 Å². The van der Waals surface area contributed by atoms with Crippen LogP contribution < -0.4 is 0 Å². The number of Topliss-reactive ketones (excluding diaryl/α,β-unsaturated/α-hetero) is 1. The van der Waals surface area contributed by atoms with Crippen LogP contribution in [0.2, 0.25) is 0 Å². The fourth-order valence-electron chi connectivity index (χ4n) is 3.81. The minimum absolute atomic E-state index is 0.0430. The van der Waals surface area contributed by atoms with Gasteiger partial charge in [0.2, 0.25) is 5.91 Å². The molecule has 0 saturated carbocycles. The Morgan fingerprint density at radius 1 is 1.00 bits per heavy atom. The minimum atomic E-state index is -0.452. The van der Waals surface area contributed by atoms with Crippen LogP contribution in [0.4, 0.5) is 0 Å². The number of rotatable bonds is 4. The maximum atomic E-state index is 12.8. The van der Waals surface area contributed by atoms with Gasteiger partial charge in [0, 0.05) is 12.1 Å². The molecule has 2 saturated heterocycles. The third-order valence-electron chi connectivity index (χ3n) is 5.13. The number of hydrogen-bond donors (Lipinski definition) is 0. The highest BCUT2D eigenvalue weighted by Gasteiger charge is 2.70. The van der Waals surface area contributed by atoms with E-state index in [4.69, 9.17) is 0 Å². The standard InChI is InChI=1S/C20H20N2O2/c1-20(2)21(13-14-9-5-3-6-10-14)19(24)17-16(22(17)20)18(23)15-11-7-4-8-12-15/h3-12,16-17H,13H2,1-2H3/t16-,17+,22?/m1/s1. The van der Waals surface area contributed by atoms with Crippen molar-refractivity contribution in [2.75, 3.05) is 0 Å². The van der Waals surface area contributed by atoms with E-state index >= 15 is 0 Å². The van der Waals surface area contributed by atoms with Gasteiger partial charge in [-0.2, -0.15) is 0 Å². The summed E-state index contributed by atoms with van der Waals surface area (Å²) in [7, 11) is 0. The molecule has 24 heavy (non-hydrogen) atoms. The first-order chi connectivity index (χ1) is 11.5. The lowest BCUT2D eigenvalue weighted by molar-refractivity contribution is -0.133. The Bertz CT molecular complexity index is 786. The van der Waals surface area contributed by atoms with Crippen molar-refractivity contribution in [2.45, 2.75) is 38.1 Å². The number of carbonyl (C=O) groups excluding carboxylic acids is 2. The fraction of sp³-hybridized carbons (Fsp3) is 0.300. The Morgan fingerprint density at radius 3 is 2.12 bits per heavy atom. The number of ketones is 1. The smallest absolute Gasteiger partial charge is 0.243 e. The molecule has 1 unspecified atom stereocenters. The molecule has 2 aromatic rings. The van der Waals surface area contributed by atoms with E-state index < -0.39 is 5.66 Å². The Labute approximate surface area is 141 Å². The largest absolute Gasteiger partial charge is 0.319 e. The second-order valence-electron chi connectivity index (χ2n) is 6.93. The van der Waals surface area contributed by atoms with Gasteiger partial charge in [0.1, 0.15) is 12.1 Å². The number of carbonyl (C=O) groups is 2. The zero-order valence-electron chi connectivity index (χ0n) is 13.8. The summed E-state index contributed by atoms with van der Waals surface area (Å²) in [4.78, 5) is 29.5. The van der Waals surface area contributed by atoms with Crippen LogP contribution in [0.3, 0.4) is 0 Å². The normalized spacial score (nSPS) is 27.0. The van der Waals surface area contributed by atoms with E-state index in [2.05, 4.69) is 0 Å². The van der Waals surface area contributed by atoms with Crippen molar-refractivity contribution in [1.29, 1.82) is 0 Å². The van der Waals surface area contributed by atoms with E-state index in [1.54, 1.807) is 0 Å². The molecule has 0 aromatic heterocycles. The lowest BCUT2D eigenvalue weighted by Gasteiger charge is -2.36. The van der Waals surface area contributed by atoms with Crippen LogP contribution >= 0.6 is 0 Å². The molecule has 2 aliphatic rings. The molecule has 4 rings (SSSR count). The predicted molar refractivity (Wildman–Crippen MR) is 91.3 cm³/mol. The SMILES string of the molecule is CC1(C)N(Cc2ccccc2)C(=O)[C@@H]2[C@H](C(=O)c3ccccc3)N21. The second-order valence-corrected chi connectivity index (χ2v) is 6.93. The van der Waals surface area contributed by atoms with Gasteiger partial charge in [0.15, 0.2) is 5.78 Å². The van der Waals surface area contributed by atoms with Crippen molar-refractivity contribution < 1.29 is 9.59 Å². The van der Waals surface area contributed by atoms with Crippen LogP contribution in [0.15, 0.2) is 60.7 Å². The average Bonchev–Trinajstić information content (AvgIpc) is 3.32. The number of amides is 1. The summed E-state index contributed by atoms with van der Waals surface area (Å²) in [6, 6.07) is 18.6. The molecule has 122 valence electrons. The summed E-state index contributed by atoms with van der Waals surface area (Å²) in [6.07, 6.45) is 0. The molecule has 0 aliphatic carbocycles. The summed E-state index contributed by atoms with van der Waals surface area (Å²) < 4.78 is 0. The van der Waals surface area contributed by atoms with Crippen molar-refractivity contribution in [3.8, 4) is 0 Å². The van der Waals surface area contributed by atoms with E-state index in [9.17, 15) is 9.59 Å². The highest BCUT2D eigenvalue weighted by atomic mass is 16.2. The monoisotopic (exact) mass is 320 g/mol. The Morgan fingerprint density at radius 2 is 1.58 bits per heavy atom. The molecule has 2 fully saturated rings. The first-order valence-corrected chi connectivity index (χ1v) is 8.25. The average molecular weight is 320 g/mol. The van der Waals surface area contributed by atoms with Gasteiger partial charge in [-0.1, -0.05) is 60.7 Å². The van der Waals surface area contributed by atoms with Gasteiger partial charge in [-0.05, 0) is 19.4 Å². The quantitative estimate of drug-likeness (QED) is 0.642. The zero-order chi connectivity index (χ0) is 16.9. The molecular formula is C20H20N2O2. The van der Waals surface area contributed by atoms with E-state index in [1.165, 1.54) is 0 Å². The highest BCUT2D eigenvalue weighted by Crippen LogP contribution is 2.48. The maximum Gasteiger partial charge on any atom is 0.243 e. The lowest BCUT2D eigenvalue weighted by Crippen LogP contribution is -2.49. The number of fused-ring (bicyclic) bond motifs is 1. The van der Waals surface area contributed by atoms with Crippen molar-refractivity contribution in [3.05, 3.63) is 71.8 Å². The van der Waals surface area contributed by atoms with E-state index in [0.29, 0.717) is 12.1 Å². The third-order valence-corrected chi connectivity index (χ3v) is 5.13. The second kappa shape index (κ2) is 5.28. The van der Waals surface area contributed by atoms with Gasteiger partial charge >= 0.3 is 0 Å². The van der Waals surface area contributed by atoms with Crippen LogP contribution in [0.1, 0.15) is 29.8 Å². The number of nitrogens with zero attached hydrogens (tertiary/aromatic N) is 2. The van der Waals surface area contributed by atoms with Gasteiger partial charge in [0.25, 0.3) is 0 Å². The van der Waals surface area contributed by atoms with Crippen LogP contribution in [0.25, 0.3) is 0 Å². The van der Waals surface area contributed by atoms with Gasteiger partial charge < -0.3 is 4.90 Å². The molecule has 3 atom stereocenters. The van der Waals surface area contributed by atoms with Gasteiger partial charge in [-0.25, -0.2) is 0 Å². The minimum Gasteiger partial charge on any atom is -0.319 e. The van der Waals surface area contributed by atoms with Gasteiger partial charge in [-0.3, -0.25) is 14.5 Å². The van der Waals surface area contributed by atoms with Crippen LogP contribution in [-0.2, 0) is 11.3 Å². The van der Waals surface area contributed by atoms with Crippen molar-refractivity contribution in [2.24, 2.45) is 0 Å². The Kier molecular flexibility index (Phi) is 3.32. The molecule has 4 heteroatoms. The van der Waals surface area contributed by atoms with Crippen molar-refractivity contribution >= 4 is 11.7 Å². The van der Waals surface area contributed by atoms with E-state index in [0.717, 1.165) is 5.56 Å². The summed E-state index contributed by atoms with van der Waals surface area (Å²) in [5.41, 5.74) is 1.33. The molecule has 0 N–H and O–H groups in total. The molecule has 0 spiro atoms. The first kappa shape index (κ1) is 15.1. The molecule has 0 radical (unpaired) electrons. The summed E-state index contributed by atoms with van der Waals surface area (Å²) in [5, 5.41) is 0. The van der Waals surface area contributed by atoms with Gasteiger partial charge in [0.05, 0.1) is 5.66 Å². The Balaban J connectivity index is 1.55. The predicted octanol–water partition coefficient (Wildman–Crippen LogP) is 2.70. The van der Waals surface area contributed by atoms with E-state index in [1.807, 2.05) is 84.3 Å². The number of benzene rings is 2. The molecule has 4 nitrogen and oxygen atoms in total. The molecular weight excluding hydrogens is 300 g/mol. The maximum absolute atomic E-state index is 12.8. The molecule has 0 bridgehead atoms. The zero-order valence-corrected chi connectivity index (χ0v) is 13.8. The first-order valence-electron chi connectivity index (χ1n) is 8.25. The third kappa shape index (κ3) is 2.18. The van der Waals surface area contributed by atoms with Crippen LogP contribution in [-0.4, -0.2) is 39.2 Å². The number of hydrogen-bond acceptors (Lipinski definition) is 3. The van der Waals surface area contributed by atoms with Crippen LogP contribution in [0.5, 0.6) is 0 Å². The summed E-state index contributed by atoms with van der Waals surface area (Å²) >= 11 is 0. The van der Waals surface area contributed by atoms with Gasteiger partial charge in [-0.15, -0.1) is 0 Å². The summed E-state index contributed by atoms with van der Waals surface area (Å²) in [6.45, 7) is 4.62. The lowest BCUT2D eigenvalue weighted by atomic mass is 10.0. The topological polar surface area (TPSA) is 40.4 Å². The molecule has 2 heterocycles. The highest BCUT2D eigenvalue weighted by molar-refractivity contribution is 6.09. The van der Waals surface area contributed by atoms with Crippen LogP contribution in [0, 0.1) is 0 Å².